The minimum atomic E-state index is -3.34. The zero-order valence-corrected chi connectivity index (χ0v) is 10.4. The molecule has 6 heteroatoms. The second-order valence-electron chi connectivity index (χ2n) is 4.31. The first kappa shape index (κ1) is 11.6. The van der Waals surface area contributed by atoms with Crippen LogP contribution in [0.3, 0.4) is 0 Å². The molecule has 1 saturated heterocycles. The second-order valence-corrected chi connectivity index (χ2v) is 6.20. The van der Waals surface area contributed by atoms with E-state index in [1.54, 1.807) is 17.5 Å². The molecule has 1 aliphatic heterocycles. The van der Waals surface area contributed by atoms with Crippen LogP contribution >= 0.6 is 0 Å². The van der Waals surface area contributed by atoms with Crippen molar-refractivity contribution in [3.05, 3.63) is 12.4 Å². The fourth-order valence-electron chi connectivity index (χ4n) is 2.10. The van der Waals surface area contributed by atoms with E-state index >= 15 is 0 Å². The van der Waals surface area contributed by atoms with Gasteiger partial charge in [-0.05, 0) is 19.8 Å². The van der Waals surface area contributed by atoms with Crippen molar-refractivity contribution in [2.45, 2.75) is 37.1 Å². The lowest BCUT2D eigenvalue weighted by Crippen LogP contribution is -2.41. The fraction of sp³-hybridized carbons (Fsp3) is 0.700. The molecule has 0 spiro atoms. The molecule has 0 aliphatic carbocycles. The minimum Gasteiger partial charge on any atom is -0.274 e. The average Bonchev–Trinajstić information content (AvgIpc) is 2.66. The third-order valence-electron chi connectivity index (χ3n) is 3.03. The molecule has 0 radical (unpaired) electrons. The summed E-state index contributed by atoms with van der Waals surface area (Å²) in [6.07, 6.45) is 5.97. The van der Waals surface area contributed by atoms with Crippen molar-refractivity contribution in [3.8, 4) is 0 Å². The normalized spacial score (nSPS) is 23.5. The molecule has 0 N–H and O–H groups in total. The number of rotatable bonds is 2. The molecular formula is C10H17N3O2S. The maximum Gasteiger partial charge on any atom is 0.246 e. The summed E-state index contributed by atoms with van der Waals surface area (Å²) in [7, 11) is -1.62. The first-order chi connectivity index (χ1) is 7.51. The van der Waals surface area contributed by atoms with E-state index < -0.39 is 10.0 Å². The van der Waals surface area contributed by atoms with Crippen LogP contribution in [0, 0.1) is 0 Å². The van der Waals surface area contributed by atoms with Gasteiger partial charge in [0, 0.05) is 25.8 Å². The van der Waals surface area contributed by atoms with Gasteiger partial charge in [-0.15, -0.1) is 0 Å². The highest BCUT2D eigenvalue weighted by molar-refractivity contribution is 7.89. The Balaban J connectivity index is 2.31. The molecule has 16 heavy (non-hydrogen) atoms. The SMILES string of the molecule is CC1CCCCN1S(=O)(=O)c1cnn(C)c1. The van der Waals surface area contributed by atoms with Gasteiger partial charge >= 0.3 is 0 Å². The Hall–Kier alpha value is -0.880. The standard InChI is InChI=1S/C10H17N3O2S/c1-9-5-3-4-6-13(9)16(14,15)10-7-11-12(2)8-10/h7-9H,3-6H2,1-2H3. The lowest BCUT2D eigenvalue weighted by molar-refractivity contribution is 0.268. The van der Waals surface area contributed by atoms with Crippen LogP contribution in [-0.2, 0) is 17.1 Å². The van der Waals surface area contributed by atoms with E-state index in [2.05, 4.69) is 5.10 Å². The summed E-state index contributed by atoms with van der Waals surface area (Å²) in [5, 5.41) is 3.91. The largest absolute Gasteiger partial charge is 0.274 e. The van der Waals surface area contributed by atoms with Gasteiger partial charge in [0.2, 0.25) is 10.0 Å². The molecule has 0 saturated carbocycles. The third kappa shape index (κ3) is 1.99. The summed E-state index contributed by atoms with van der Waals surface area (Å²) in [4.78, 5) is 0.295. The quantitative estimate of drug-likeness (QED) is 0.778. The molecule has 2 heterocycles. The lowest BCUT2D eigenvalue weighted by atomic mass is 10.1. The van der Waals surface area contributed by atoms with Crippen LogP contribution in [0.2, 0.25) is 0 Å². The predicted molar refractivity (Wildman–Crippen MR) is 60.4 cm³/mol. The molecule has 90 valence electrons. The maximum absolute atomic E-state index is 12.3. The van der Waals surface area contributed by atoms with E-state index in [0.717, 1.165) is 19.3 Å². The Morgan fingerprint density at radius 2 is 2.19 bits per heavy atom. The van der Waals surface area contributed by atoms with Crippen molar-refractivity contribution in [3.63, 3.8) is 0 Å². The zero-order valence-electron chi connectivity index (χ0n) is 9.63. The molecule has 0 aromatic carbocycles. The zero-order chi connectivity index (χ0) is 11.8. The van der Waals surface area contributed by atoms with Crippen LogP contribution in [0.1, 0.15) is 26.2 Å². The molecule has 1 aromatic heterocycles. The van der Waals surface area contributed by atoms with E-state index in [0.29, 0.717) is 11.4 Å². The molecule has 2 rings (SSSR count). The van der Waals surface area contributed by atoms with Crippen molar-refractivity contribution in [1.29, 1.82) is 0 Å². The lowest BCUT2D eigenvalue weighted by Gasteiger charge is -2.31. The Kier molecular flexibility index (Phi) is 3.03. The molecule has 0 bridgehead atoms. The monoisotopic (exact) mass is 243 g/mol. The average molecular weight is 243 g/mol. The highest BCUT2D eigenvalue weighted by Gasteiger charge is 2.31. The Morgan fingerprint density at radius 3 is 2.75 bits per heavy atom. The molecule has 5 nitrogen and oxygen atoms in total. The predicted octanol–water partition coefficient (Wildman–Crippen LogP) is 0.983. The van der Waals surface area contributed by atoms with Crippen LogP contribution in [0.15, 0.2) is 17.3 Å². The summed E-state index contributed by atoms with van der Waals surface area (Å²) in [5.74, 6) is 0. The van der Waals surface area contributed by atoms with Crippen LogP contribution < -0.4 is 0 Å². The van der Waals surface area contributed by atoms with Gasteiger partial charge in [0.15, 0.2) is 0 Å². The van der Waals surface area contributed by atoms with Gasteiger partial charge in [-0.3, -0.25) is 4.68 Å². The van der Waals surface area contributed by atoms with Crippen molar-refractivity contribution < 1.29 is 8.42 Å². The number of sulfonamides is 1. The number of aryl methyl sites for hydroxylation is 1. The van der Waals surface area contributed by atoms with Crippen LogP contribution in [0.4, 0.5) is 0 Å². The first-order valence-corrected chi connectivity index (χ1v) is 6.96. The van der Waals surface area contributed by atoms with Crippen molar-refractivity contribution in [2.24, 2.45) is 7.05 Å². The van der Waals surface area contributed by atoms with Crippen molar-refractivity contribution in [2.75, 3.05) is 6.54 Å². The van der Waals surface area contributed by atoms with Crippen LogP contribution in [-0.4, -0.2) is 35.1 Å². The van der Waals surface area contributed by atoms with Gasteiger partial charge in [0.05, 0.1) is 6.20 Å². The van der Waals surface area contributed by atoms with Gasteiger partial charge in [0.25, 0.3) is 0 Å². The summed E-state index contributed by atoms with van der Waals surface area (Å²) in [5.41, 5.74) is 0. The topological polar surface area (TPSA) is 55.2 Å². The van der Waals surface area contributed by atoms with E-state index in [-0.39, 0.29) is 6.04 Å². The first-order valence-electron chi connectivity index (χ1n) is 5.52. The molecule has 1 aliphatic rings. The van der Waals surface area contributed by atoms with E-state index in [1.807, 2.05) is 6.92 Å². The van der Waals surface area contributed by atoms with Gasteiger partial charge in [-0.25, -0.2) is 8.42 Å². The minimum absolute atomic E-state index is 0.0963. The van der Waals surface area contributed by atoms with E-state index in [9.17, 15) is 8.42 Å². The van der Waals surface area contributed by atoms with Gasteiger partial charge < -0.3 is 0 Å². The molecular weight excluding hydrogens is 226 g/mol. The maximum atomic E-state index is 12.3. The number of piperidine rings is 1. The Morgan fingerprint density at radius 1 is 1.44 bits per heavy atom. The summed E-state index contributed by atoms with van der Waals surface area (Å²) < 4.78 is 27.7. The van der Waals surface area contributed by atoms with Crippen LogP contribution in [0.25, 0.3) is 0 Å². The molecule has 1 fully saturated rings. The van der Waals surface area contributed by atoms with Gasteiger partial charge in [-0.2, -0.15) is 9.40 Å². The summed E-state index contributed by atoms with van der Waals surface area (Å²) in [6, 6.07) is 0.0963. The van der Waals surface area contributed by atoms with Gasteiger partial charge in [-0.1, -0.05) is 6.42 Å². The highest BCUT2D eigenvalue weighted by atomic mass is 32.2. The molecule has 1 atom stereocenters. The number of nitrogens with zero attached hydrogens (tertiary/aromatic N) is 3. The third-order valence-corrected chi connectivity index (χ3v) is 5.00. The van der Waals surface area contributed by atoms with Crippen molar-refractivity contribution >= 4 is 10.0 Å². The van der Waals surface area contributed by atoms with Crippen LogP contribution in [0.5, 0.6) is 0 Å². The molecule has 0 amide bonds. The number of hydrogen-bond acceptors (Lipinski definition) is 3. The Bertz CT molecular complexity index is 466. The van der Waals surface area contributed by atoms with E-state index in [4.69, 9.17) is 0 Å². The molecule has 1 unspecified atom stereocenters. The van der Waals surface area contributed by atoms with Gasteiger partial charge in [0.1, 0.15) is 4.90 Å². The summed E-state index contributed by atoms with van der Waals surface area (Å²) in [6.45, 7) is 2.59. The highest BCUT2D eigenvalue weighted by Crippen LogP contribution is 2.24. The fourth-order valence-corrected chi connectivity index (χ4v) is 3.78. The number of hydrogen-bond donors (Lipinski definition) is 0. The second kappa shape index (κ2) is 4.18. The molecule has 1 aromatic rings. The van der Waals surface area contributed by atoms with E-state index in [1.165, 1.54) is 10.9 Å². The summed E-state index contributed by atoms with van der Waals surface area (Å²) >= 11 is 0. The smallest absolute Gasteiger partial charge is 0.246 e. The number of aromatic nitrogens is 2. The Labute approximate surface area is 96.1 Å². The van der Waals surface area contributed by atoms with Crippen molar-refractivity contribution in [1.82, 2.24) is 14.1 Å².